The van der Waals surface area contributed by atoms with Crippen molar-refractivity contribution in [1.29, 1.82) is 0 Å². The maximum absolute atomic E-state index is 11.5. The molecule has 0 radical (unpaired) electrons. The number of anilines is 1. The molecule has 14 heavy (non-hydrogen) atoms. The molecule has 1 fully saturated rings. The molecule has 0 amide bonds. The Kier molecular flexibility index (Phi) is 2.56. The first kappa shape index (κ1) is 9.68. The fourth-order valence-corrected chi connectivity index (χ4v) is 2.49. The molecule has 4 heteroatoms. The summed E-state index contributed by atoms with van der Waals surface area (Å²) in [6.45, 7) is 4.64. The highest BCUT2D eigenvalue weighted by Crippen LogP contribution is 2.23. The smallest absolute Gasteiger partial charge is 0.264 e. The second kappa shape index (κ2) is 3.71. The van der Waals surface area contributed by atoms with Crippen LogP contribution in [0.1, 0.15) is 12.5 Å². The lowest BCUT2D eigenvalue weighted by atomic mass is 10.2. The Labute approximate surface area is 86.5 Å². The van der Waals surface area contributed by atoms with Gasteiger partial charge in [-0.05, 0) is 26.0 Å². The summed E-state index contributed by atoms with van der Waals surface area (Å²) in [4.78, 5) is 0. The molecular weight excluding hydrogens is 198 g/mol. The van der Waals surface area contributed by atoms with Crippen molar-refractivity contribution in [2.24, 2.45) is 0 Å². The van der Waals surface area contributed by atoms with Crippen LogP contribution in [0.2, 0.25) is 0 Å². The third kappa shape index (κ3) is 1.81. The average Bonchev–Trinajstić information content (AvgIpc) is 2.47. The molecule has 0 bridgehead atoms. The van der Waals surface area contributed by atoms with Crippen molar-refractivity contribution in [3.63, 3.8) is 0 Å². The number of hydrogen-bond acceptors (Lipinski definition) is 2. The van der Waals surface area contributed by atoms with E-state index in [1.165, 1.54) is 5.56 Å². The Morgan fingerprint density at radius 3 is 2.57 bits per heavy atom. The topological polar surface area (TPSA) is 29.5 Å². The molecule has 1 aliphatic heterocycles. The molecule has 0 aromatic heterocycles. The van der Waals surface area contributed by atoms with E-state index in [9.17, 15) is 4.21 Å². The molecule has 0 saturated carbocycles. The lowest BCUT2D eigenvalue weighted by Crippen LogP contribution is -2.20. The normalized spacial score (nSPS) is 26.9. The number of hydrogen-bond donors (Lipinski definition) is 0. The van der Waals surface area contributed by atoms with E-state index >= 15 is 0 Å². The molecule has 1 aromatic rings. The van der Waals surface area contributed by atoms with Crippen molar-refractivity contribution >= 4 is 17.0 Å². The Bertz CT molecular complexity index is 350. The van der Waals surface area contributed by atoms with Gasteiger partial charge in [0.2, 0.25) is 0 Å². The molecule has 3 nitrogen and oxygen atoms in total. The highest BCUT2D eigenvalue weighted by Gasteiger charge is 2.27. The maximum Gasteiger partial charge on any atom is 0.264 e. The molecule has 0 spiro atoms. The summed E-state index contributed by atoms with van der Waals surface area (Å²) in [7, 11) is 0. The Morgan fingerprint density at radius 1 is 1.43 bits per heavy atom. The van der Waals surface area contributed by atoms with Gasteiger partial charge in [-0.3, -0.25) is 8.49 Å². The second-order valence-electron chi connectivity index (χ2n) is 3.52. The quantitative estimate of drug-likeness (QED) is 0.709. The predicted molar refractivity (Wildman–Crippen MR) is 57.2 cm³/mol. The van der Waals surface area contributed by atoms with Crippen LogP contribution in [0.25, 0.3) is 0 Å². The van der Waals surface area contributed by atoms with E-state index in [1.54, 1.807) is 4.31 Å². The number of benzene rings is 1. The van der Waals surface area contributed by atoms with Crippen molar-refractivity contribution in [2.45, 2.75) is 20.0 Å². The van der Waals surface area contributed by atoms with Gasteiger partial charge in [0.05, 0.1) is 18.3 Å². The van der Waals surface area contributed by atoms with E-state index in [1.807, 2.05) is 38.1 Å². The van der Waals surface area contributed by atoms with Crippen LogP contribution in [0.5, 0.6) is 0 Å². The summed E-state index contributed by atoms with van der Waals surface area (Å²) >= 11 is -1.31. The molecule has 1 aromatic carbocycles. The zero-order chi connectivity index (χ0) is 10.1. The van der Waals surface area contributed by atoms with Gasteiger partial charge >= 0.3 is 0 Å². The number of rotatable bonds is 1. The first-order valence-electron chi connectivity index (χ1n) is 4.60. The largest absolute Gasteiger partial charge is 0.269 e. The zero-order valence-corrected chi connectivity index (χ0v) is 9.08. The van der Waals surface area contributed by atoms with Crippen molar-refractivity contribution < 1.29 is 8.39 Å². The third-order valence-corrected chi connectivity index (χ3v) is 3.38. The lowest BCUT2D eigenvalue weighted by Gasteiger charge is -2.13. The Hall–Kier alpha value is -0.870. The van der Waals surface area contributed by atoms with Crippen LogP contribution in [-0.2, 0) is 15.4 Å². The third-order valence-electron chi connectivity index (χ3n) is 2.17. The van der Waals surface area contributed by atoms with E-state index in [-0.39, 0.29) is 6.10 Å². The maximum atomic E-state index is 11.5. The summed E-state index contributed by atoms with van der Waals surface area (Å²) in [5.74, 6) is 0. The summed E-state index contributed by atoms with van der Waals surface area (Å²) in [5.41, 5.74) is 2.16. The standard InChI is InChI=1S/C10H13NO2S/c1-8-3-5-10(6-4-8)11-7-9(2)13-14(11)12/h3-6,9H,7H2,1-2H3. The minimum atomic E-state index is -1.31. The molecule has 1 heterocycles. The first-order valence-corrected chi connectivity index (χ1v) is 5.63. The summed E-state index contributed by atoms with van der Waals surface area (Å²) in [6, 6.07) is 7.95. The minimum Gasteiger partial charge on any atom is -0.269 e. The van der Waals surface area contributed by atoms with Crippen LogP contribution in [0, 0.1) is 6.92 Å². The fourth-order valence-electron chi connectivity index (χ4n) is 1.42. The molecular formula is C10H13NO2S. The molecule has 2 unspecified atom stereocenters. The van der Waals surface area contributed by atoms with Crippen molar-refractivity contribution in [2.75, 3.05) is 10.8 Å². The van der Waals surface area contributed by atoms with E-state index in [4.69, 9.17) is 4.18 Å². The minimum absolute atomic E-state index is 0.0390. The van der Waals surface area contributed by atoms with Gasteiger partial charge in [0, 0.05) is 0 Å². The Balaban J connectivity index is 2.23. The van der Waals surface area contributed by atoms with Gasteiger partial charge in [-0.1, -0.05) is 17.7 Å². The number of nitrogens with zero attached hydrogens (tertiary/aromatic N) is 1. The highest BCUT2D eigenvalue weighted by atomic mass is 32.2. The van der Waals surface area contributed by atoms with Crippen LogP contribution < -0.4 is 4.31 Å². The first-order chi connectivity index (χ1) is 6.66. The highest BCUT2D eigenvalue weighted by molar-refractivity contribution is 7.82. The average molecular weight is 211 g/mol. The van der Waals surface area contributed by atoms with Gasteiger partial charge < -0.3 is 0 Å². The number of aryl methyl sites for hydroxylation is 1. The van der Waals surface area contributed by atoms with Crippen LogP contribution in [0.15, 0.2) is 24.3 Å². The molecule has 2 atom stereocenters. The van der Waals surface area contributed by atoms with Crippen LogP contribution in [0.3, 0.4) is 0 Å². The van der Waals surface area contributed by atoms with E-state index in [0.717, 1.165) is 5.69 Å². The summed E-state index contributed by atoms with van der Waals surface area (Å²) in [5, 5.41) is 0. The van der Waals surface area contributed by atoms with Gasteiger partial charge in [-0.2, -0.15) is 0 Å². The lowest BCUT2D eigenvalue weighted by molar-refractivity contribution is 0.287. The SMILES string of the molecule is Cc1ccc(N2CC(C)OS2=O)cc1. The van der Waals surface area contributed by atoms with Crippen LogP contribution in [-0.4, -0.2) is 16.9 Å². The molecule has 0 N–H and O–H groups in total. The fraction of sp³-hybridized carbons (Fsp3) is 0.400. The second-order valence-corrected chi connectivity index (χ2v) is 4.59. The van der Waals surface area contributed by atoms with Gasteiger partial charge in [0.15, 0.2) is 0 Å². The monoisotopic (exact) mass is 211 g/mol. The van der Waals surface area contributed by atoms with E-state index < -0.39 is 11.3 Å². The predicted octanol–water partition coefficient (Wildman–Crippen LogP) is 1.80. The van der Waals surface area contributed by atoms with Gasteiger partial charge in [-0.15, -0.1) is 0 Å². The van der Waals surface area contributed by atoms with Crippen molar-refractivity contribution in [3.05, 3.63) is 29.8 Å². The molecule has 76 valence electrons. The van der Waals surface area contributed by atoms with Crippen LogP contribution in [0.4, 0.5) is 5.69 Å². The summed E-state index contributed by atoms with van der Waals surface area (Å²) in [6.07, 6.45) is 0.0390. The zero-order valence-electron chi connectivity index (χ0n) is 8.27. The molecule has 0 aliphatic carbocycles. The van der Waals surface area contributed by atoms with E-state index in [0.29, 0.717) is 6.54 Å². The van der Waals surface area contributed by atoms with E-state index in [2.05, 4.69) is 0 Å². The summed E-state index contributed by atoms with van der Waals surface area (Å²) < 4.78 is 18.4. The van der Waals surface area contributed by atoms with Crippen LogP contribution >= 0.6 is 0 Å². The van der Waals surface area contributed by atoms with Crippen molar-refractivity contribution in [3.8, 4) is 0 Å². The Morgan fingerprint density at radius 2 is 2.07 bits per heavy atom. The molecule has 1 saturated heterocycles. The van der Waals surface area contributed by atoms with Crippen molar-refractivity contribution in [1.82, 2.24) is 0 Å². The van der Waals surface area contributed by atoms with Gasteiger partial charge in [-0.25, -0.2) is 4.21 Å². The molecule has 1 aliphatic rings. The van der Waals surface area contributed by atoms with Gasteiger partial charge in [0.1, 0.15) is 0 Å². The molecule has 2 rings (SSSR count). The van der Waals surface area contributed by atoms with Gasteiger partial charge in [0.25, 0.3) is 11.3 Å².